The Morgan fingerprint density at radius 1 is 1.41 bits per heavy atom. The monoisotopic (exact) mass is 306 g/mol. The first-order chi connectivity index (χ1) is 10.8. The topological polar surface area (TPSA) is 81.5 Å². The molecule has 6 nitrogen and oxygen atoms in total. The van der Waals surface area contributed by atoms with Crippen LogP contribution < -0.4 is 10.2 Å². The summed E-state index contributed by atoms with van der Waals surface area (Å²) in [6, 6.07) is 1.97. The molecule has 2 atom stereocenters. The van der Waals surface area contributed by atoms with Gasteiger partial charge in [-0.1, -0.05) is 12.2 Å². The first kappa shape index (κ1) is 16.7. The molecular weight excluding hydrogens is 280 g/mol. The Hall–Kier alpha value is -1.66. The highest BCUT2D eigenvalue weighted by molar-refractivity contribution is 5.50. The van der Waals surface area contributed by atoms with E-state index < -0.39 is 0 Å². The van der Waals surface area contributed by atoms with Gasteiger partial charge in [0.05, 0.1) is 25.3 Å². The fourth-order valence-electron chi connectivity index (χ4n) is 2.76. The third-order valence-corrected chi connectivity index (χ3v) is 4.01. The fourth-order valence-corrected chi connectivity index (χ4v) is 2.76. The summed E-state index contributed by atoms with van der Waals surface area (Å²) in [5, 5.41) is 22.2. The molecule has 22 heavy (non-hydrogen) atoms. The quantitative estimate of drug-likeness (QED) is 0.663. The molecule has 1 aromatic heterocycles. The Kier molecular flexibility index (Phi) is 6.61. The van der Waals surface area contributed by atoms with Crippen molar-refractivity contribution in [3.63, 3.8) is 0 Å². The molecule has 1 aliphatic rings. The van der Waals surface area contributed by atoms with Gasteiger partial charge >= 0.3 is 0 Å². The largest absolute Gasteiger partial charge is 0.394 e. The van der Waals surface area contributed by atoms with Crippen LogP contribution in [0.1, 0.15) is 32.6 Å². The molecule has 0 amide bonds. The second-order valence-corrected chi connectivity index (χ2v) is 5.62. The predicted molar refractivity (Wildman–Crippen MR) is 88.0 cm³/mol. The molecular formula is C16H26N4O2. The van der Waals surface area contributed by atoms with Crippen LogP contribution in [0.15, 0.2) is 24.5 Å². The average molecular weight is 306 g/mol. The Bertz CT molecular complexity index is 481. The minimum absolute atomic E-state index is 0.0483. The van der Waals surface area contributed by atoms with Crippen LogP contribution in [-0.4, -0.2) is 52.0 Å². The molecule has 1 fully saturated rings. The molecule has 0 radical (unpaired) electrons. The Morgan fingerprint density at radius 2 is 2.27 bits per heavy atom. The minimum Gasteiger partial charge on any atom is -0.394 e. The molecule has 0 bridgehead atoms. The molecule has 2 heterocycles. The third-order valence-electron chi connectivity index (χ3n) is 4.01. The lowest BCUT2D eigenvalue weighted by atomic mass is 10.0. The number of nitrogens with zero attached hydrogens (tertiary/aromatic N) is 3. The van der Waals surface area contributed by atoms with Gasteiger partial charge in [0.25, 0.3) is 0 Å². The van der Waals surface area contributed by atoms with E-state index in [1.54, 1.807) is 0 Å². The van der Waals surface area contributed by atoms with Crippen LogP contribution in [0, 0.1) is 0 Å². The van der Waals surface area contributed by atoms with Gasteiger partial charge in [-0.15, -0.1) is 0 Å². The molecule has 0 saturated carbocycles. The molecule has 0 aliphatic carbocycles. The summed E-state index contributed by atoms with van der Waals surface area (Å²) in [6.45, 7) is 3.06. The molecule has 6 heteroatoms. The molecule has 0 aromatic carbocycles. The van der Waals surface area contributed by atoms with Gasteiger partial charge in [-0.2, -0.15) is 0 Å². The van der Waals surface area contributed by atoms with E-state index in [0.717, 1.165) is 38.0 Å². The molecule has 1 saturated heterocycles. The standard InChI is InChI=1S/C16H26N4O2/c1-2-3-6-13(10-21)19-15-9-16(18-12-17-15)20-8-5-4-7-14(20)11-22/h2-3,9,12-14,21-22H,4-8,10-11H2,1H3,(H,17,18,19)/b3-2+. The number of aromatic nitrogens is 2. The molecule has 1 aromatic rings. The summed E-state index contributed by atoms with van der Waals surface area (Å²) in [5.41, 5.74) is 0. The molecule has 1 aliphatic heterocycles. The van der Waals surface area contributed by atoms with Crippen LogP contribution >= 0.6 is 0 Å². The van der Waals surface area contributed by atoms with Crippen molar-refractivity contribution in [1.29, 1.82) is 0 Å². The zero-order valence-electron chi connectivity index (χ0n) is 13.1. The van der Waals surface area contributed by atoms with Crippen LogP contribution in [0.2, 0.25) is 0 Å². The van der Waals surface area contributed by atoms with Gasteiger partial charge in [-0.3, -0.25) is 0 Å². The number of aliphatic hydroxyl groups is 2. The number of anilines is 2. The number of hydrogen-bond donors (Lipinski definition) is 3. The maximum absolute atomic E-state index is 9.53. The van der Waals surface area contributed by atoms with E-state index in [-0.39, 0.29) is 25.3 Å². The summed E-state index contributed by atoms with van der Waals surface area (Å²) in [4.78, 5) is 10.7. The van der Waals surface area contributed by atoms with Crippen LogP contribution in [0.4, 0.5) is 11.6 Å². The molecule has 3 N–H and O–H groups in total. The van der Waals surface area contributed by atoms with E-state index in [1.807, 2.05) is 25.1 Å². The SMILES string of the molecule is C/C=C/CC(CO)Nc1cc(N2CCCCC2CO)ncn1. The van der Waals surface area contributed by atoms with E-state index in [9.17, 15) is 10.2 Å². The van der Waals surface area contributed by atoms with Crippen molar-refractivity contribution in [3.05, 3.63) is 24.5 Å². The van der Waals surface area contributed by atoms with E-state index >= 15 is 0 Å². The number of allylic oxidation sites excluding steroid dienone is 1. The van der Waals surface area contributed by atoms with Crippen LogP contribution in [0.3, 0.4) is 0 Å². The Morgan fingerprint density at radius 3 is 3.00 bits per heavy atom. The summed E-state index contributed by atoms with van der Waals surface area (Å²) < 4.78 is 0. The number of rotatable bonds is 7. The van der Waals surface area contributed by atoms with Crippen molar-refractivity contribution in [2.24, 2.45) is 0 Å². The number of nitrogens with one attached hydrogen (secondary N) is 1. The number of hydrogen-bond acceptors (Lipinski definition) is 6. The Labute approximate surface area is 131 Å². The first-order valence-corrected chi connectivity index (χ1v) is 7.96. The smallest absolute Gasteiger partial charge is 0.134 e. The summed E-state index contributed by atoms with van der Waals surface area (Å²) in [5.74, 6) is 1.54. The molecule has 0 spiro atoms. The summed E-state index contributed by atoms with van der Waals surface area (Å²) in [6.07, 6.45) is 9.51. The van der Waals surface area contributed by atoms with E-state index in [4.69, 9.17) is 0 Å². The van der Waals surface area contributed by atoms with Gasteiger partial charge in [0.2, 0.25) is 0 Å². The predicted octanol–water partition coefficient (Wildman–Crippen LogP) is 1.57. The molecule has 2 rings (SSSR count). The van der Waals surface area contributed by atoms with E-state index in [2.05, 4.69) is 20.2 Å². The maximum atomic E-state index is 9.53. The second-order valence-electron chi connectivity index (χ2n) is 5.62. The van der Waals surface area contributed by atoms with Crippen LogP contribution in [0.5, 0.6) is 0 Å². The normalized spacial score (nSPS) is 20.3. The lowest BCUT2D eigenvalue weighted by Crippen LogP contribution is -2.42. The van der Waals surface area contributed by atoms with Gasteiger partial charge in [0.15, 0.2) is 0 Å². The first-order valence-electron chi connectivity index (χ1n) is 7.96. The van der Waals surface area contributed by atoms with Crippen molar-refractivity contribution in [3.8, 4) is 0 Å². The highest BCUT2D eigenvalue weighted by atomic mass is 16.3. The van der Waals surface area contributed by atoms with Crippen LogP contribution in [-0.2, 0) is 0 Å². The number of piperidine rings is 1. The third kappa shape index (κ3) is 4.42. The molecule has 2 unspecified atom stereocenters. The van der Waals surface area contributed by atoms with Crippen molar-refractivity contribution >= 4 is 11.6 Å². The second kappa shape index (κ2) is 8.70. The van der Waals surface area contributed by atoms with E-state index in [0.29, 0.717) is 5.82 Å². The zero-order chi connectivity index (χ0) is 15.8. The Balaban J connectivity index is 2.08. The average Bonchev–Trinajstić information content (AvgIpc) is 2.58. The van der Waals surface area contributed by atoms with Crippen molar-refractivity contribution in [2.45, 2.75) is 44.7 Å². The van der Waals surface area contributed by atoms with Gasteiger partial charge < -0.3 is 20.4 Å². The number of aliphatic hydroxyl groups excluding tert-OH is 2. The highest BCUT2D eigenvalue weighted by Gasteiger charge is 2.23. The van der Waals surface area contributed by atoms with Crippen molar-refractivity contribution in [2.75, 3.05) is 30.0 Å². The van der Waals surface area contributed by atoms with Gasteiger partial charge in [0, 0.05) is 12.6 Å². The van der Waals surface area contributed by atoms with E-state index in [1.165, 1.54) is 6.33 Å². The maximum Gasteiger partial charge on any atom is 0.134 e. The van der Waals surface area contributed by atoms with Gasteiger partial charge in [0.1, 0.15) is 18.0 Å². The fraction of sp³-hybridized carbons (Fsp3) is 0.625. The van der Waals surface area contributed by atoms with Gasteiger partial charge in [-0.25, -0.2) is 9.97 Å². The zero-order valence-corrected chi connectivity index (χ0v) is 13.1. The summed E-state index contributed by atoms with van der Waals surface area (Å²) in [7, 11) is 0. The lowest BCUT2D eigenvalue weighted by molar-refractivity contribution is 0.239. The highest BCUT2D eigenvalue weighted by Crippen LogP contribution is 2.24. The van der Waals surface area contributed by atoms with Crippen molar-refractivity contribution in [1.82, 2.24) is 9.97 Å². The van der Waals surface area contributed by atoms with Gasteiger partial charge in [-0.05, 0) is 32.6 Å². The lowest BCUT2D eigenvalue weighted by Gasteiger charge is -2.35. The molecule has 122 valence electrons. The van der Waals surface area contributed by atoms with Crippen molar-refractivity contribution < 1.29 is 10.2 Å². The minimum atomic E-state index is -0.0612. The summed E-state index contributed by atoms with van der Waals surface area (Å²) >= 11 is 0. The van der Waals surface area contributed by atoms with Crippen LogP contribution in [0.25, 0.3) is 0 Å².